The first-order valence-corrected chi connectivity index (χ1v) is 10.6. The summed E-state index contributed by atoms with van der Waals surface area (Å²) in [5, 5.41) is 37.0. The average molecular weight is 548 g/mol. The maximum Gasteiger partial charge on any atom is 0.416 e. The average Bonchev–Trinajstić information content (AvgIpc) is 3.14. The molecule has 1 heterocycles. The normalized spacial score (nSPS) is 24.3. The molecule has 0 fully saturated rings. The number of imidazole rings is 1. The molecule has 2 aromatic rings. The van der Waals surface area contributed by atoms with Gasteiger partial charge in [-0.1, -0.05) is 34.8 Å². The number of aromatic amines is 1. The molecular formula is C21H12Cl3F3N4O4. The molecule has 1 aromatic carbocycles. The molecule has 0 saturated heterocycles. The van der Waals surface area contributed by atoms with Crippen LogP contribution in [-0.2, 0) is 21.2 Å². The number of aliphatic carboxylic acids is 2. The first-order chi connectivity index (χ1) is 16.1. The van der Waals surface area contributed by atoms with E-state index < -0.39 is 62.5 Å². The molecule has 3 atom stereocenters. The molecule has 0 aliphatic heterocycles. The molecule has 0 saturated carbocycles. The summed E-state index contributed by atoms with van der Waals surface area (Å²) in [7, 11) is 0. The number of hydrogen-bond acceptors (Lipinski definition) is 5. The van der Waals surface area contributed by atoms with E-state index in [0.29, 0.717) is 12.1 Å². The number of nitrogens with one attached hydrogen (secondary N) is 1. The maximum absolute atomic E-state index is 13.2. The summed E-state index contributed by atoms with van der Waals surface area (Å²) >= 11 is 18.6. The number of carboxylic acids is 2. The number of hydrogen-bond donors (Lipinski definition) is 3. The monoisotopic (exact) mass is 546 g/mol. The van der Waals surface area contributed by atoms with Gasteiger partial charge in [-0.15, -0.1) is 0 Å². The van der Waals surface area contributed by atoms with E-state index in [0.717, 1.165) is 13.0 Å². The van der Waals surface area contributed by atoms with Crippen molar-refractivity contribution in [3.05, 3.63) is 61.6 Å². The van der Waals surface area contributed by atoms with Crippen LogP contribution in [0.15, 0.2) is 23.2 Å². The third kappa shape index (κ3) is 4.20. The van der Waals surface area contributed by atoms with Crippen molar-refractivity contribution in [2.24, 2.45) is 5.41 Å². The number of nitriles is 2. The third-order valence-corrected chi connectivity index (χ3v) is 6.77. The Balaban J connectivity index is 2.34. The SMILES string of the molecule is CC1(C(=O)O)CC(C(=O)O)(c2c(Cl)cc(C(F)(F)F)cc2Cl)C=C(Cl)C1c1nc(C#N)c(C#N)[nH]1. The van der Waals surface area contributed by atoms with Crippen LogP contribution in [0.25, 0.3) is 0 Å². The number of carboxylic acid groups (broad SMARTS) is 2. The number of carbonyl (C=O) groups is 2. The van der Waals surface area contributed by atoms with Crippen LogP contribution < -0.4 is 0 Å². The van der Waals surface area contributed by atoms with Crippen LogP contribution in [-0.4, -0.2) is 32.1 Å². The van der Waals surface area contributed by atoms with Crippen molar-refractivity contribution < 1.29 is 33.0 Å². The lowest BCUT2D eigenvalue weighted by Gasteiger charge is -2.44. The largest absolute Gasteiger partial charge is 0.481 e. The number of aromatic nitrogens is 2. The van der Waals surface area contributed by atoms with Gasteiger partial charge in [-0.05, 0) is 31.6 Å². The van der Waals surface area contributed by atoms with Crippen LogP contribution in [0.3, 0.4) is 0 Å². The molecule has 0 amide bonds. The molecule has 0 radical (unpaired) electrons. The highest BCUT2D eigenvalue weighted by atomic mass is 35.5. The standard InChI is InChI=1S/C21H12Cl3F3N4O4/c1-19(17(32)33)7-20(18(34)35,14-9(22)2-8(3-10(14)23)21(25,26)27)4-11(24)15(19)16-30-12(5-28)13(6-29)31-16/h2-4,15H,7H2,1H3,(H,30,31)(H,32,33)(H,34,35). The van der Waals surface area contributed by atoms with Gasteiger partial charge in [-0.2, -0.15) is 23.7 Å². The van der Waals surface area contributed by atoms with Crippen LogP contribution in [0.2, 0.25) is 10.0 Å². The lowest BCUT2D eigenvalue weighted by Crippen LogP contribution is -2.49. The van der Waals surface area contributed by atoms with Gasteiger partial charge in [0.15, 0.2) is 11.4 Å². The number of rotatable bonds is 4. The minimum atomic E-state index is -4.83. The predicted molar refractivity (Wildman–Crippen MR) is 116 cm³/mol. The number of halogens is 6. The second-order valence-corrected chi connectivity index (χ2v) is 9.27. The highest BCUT2D eigenvalue weighted by molar-refractivity contribution is 6.37. The van der Waals surface area contributed by atoms with Crippen molar-refractivity contribution in [3.63, 3.8) is 0 Å². The molecule has 0 spiro atoms. The lowest BCUT2D eigenvalue weighted by atomic mass is 9.59. The summed E-state index contributed by atoms with van der Waals surface area (Å²) < 4.78 is 39.6. The molecular weight excluding hydrogens is 536 g/mol. The number of H-pyrrole nitrogens is 1. The Bertz CT molecular complexity index is 1320. The van der Waals surface area contributed by atoms with E-state index in [-0.39, 0.29) is 22.2 Å². The van der Waals surface area contributed by atoms with E-state index in [1.807, 2.05) is 0 Å². The number of nitrogens with zero attached hydrogens (tertiary/aromatic N) is 3. The molecule has 1 aromatic heterocycles. The molecule has 8 nitrogen and oxygen atoms in total. The minimum absolute atomic E-state index is 0.187. The summed E-state index contributed by atoms with van der Waals surface area (Å²) in [4.78, 5) is 31.5. The zero-order valence-electron chi connectivity index (χ0n) is 17.3. The molecule has 3 rings (SSSR count). The number of allylic oxidation sites excluding steroid dienone is 1. The molecule has 3 unspecified atom stereocenters. The molecule has 1 aliphatic carbocycles. The highest BCUT2D eigenvalue weighted by Crippen LogP contribution is 2.57. The van der Waals surface area contributed by atoms with Gasteiger partial charge in [0.05, 0.1) is 16.9 Å². The van der Waals surface area contributed by atoms with Gasteiger partial charge in [-0.3, -0.25) is 9.59 Å². The van der Waals surface area contributed by atoms with Gasteiger partial charge in [0, 0.05) is 20.6 Å². The van der Waals surface area contributed by atoms with E-state index >= 15 is 0 Å². The Hall–Kier alpha value is -3.25. The first-order valence-electron chi connectivity index (χ1n) is 9.44. The smallest absolute Gasteiger partial charge is 0.416 e. The van der Waals surface area contributed by atoms with Crippen LogP contribution in [0, 0.1) is 28.1 Å². The van der Waals surface area contributed by atoms with Crippen molar-refractivity contribution >= 4 is 46.7 Å². The van der Waals surface area contributed by atoms with Crippen molar-refractivity contribution in [1.29, 1.82) is 10.5 Å². The maximum atomic E-state index is 13.2. The summed E-state index contributed by atoms with van der Waals surface area (Å²) in [5.74, 6) is -4.74. The molecule has 35 heavy (non-hydrogen) atoms. The molecule has 0 bridgehead atoms. The van der Waals surface area contributed by atoms with Gasteiger partial charge < -0.3 is 15.2 Å². The van der Waals surface area contributed by atoms with Crippen molar-refractivity contribution in [3.8, 4) is 12.1 Å². The van der Waals surface area contributed by atoms with Crippen molar-refractivity contribution in [2.45, 2.75) is 30.9 Å². The number of alkyl halides is 3. The first kappa shape index (κ1) is 26.4. The zero-order valence-corrected chi connectivity index (χ0v) is 19.6. The van der Waals surface area contributed by atoms with Gasteiger partial charge in [0.25, 0.3) is 0 Å². The molecule has 1 aliphatic rings. The Morgan fingerprint density at radius 3 is 2.11 bits per heavy atom. The van der Waals surface area contributed by atoms with Crippen molar-refractivity contribution in [2.75, 3.05) is 0 Å². The Morgan fingerprint density at radius 2 is 1.71 bits per heavy atom. The van der Waals surface area contributed by atoms with Crippen LogP contribution in [0.1, 0.15) is 47.6 Å². The van der Waals surface area contributed by atoms with Gasteiger partial charge in [0.2, 0.25) is 0 Å². The Kier molecular flexibility index (Phi) is 6.59. The number of benzene rings is 1. The third-order valence-electron chi connectivity index (χ3n) is 5.84. The topological polar surface area (TPSA) is 151 Å². The van der Waals surface area contributed by atoms with E-state index in [4.69, 9.17) is 34.8 Å². The van der Waals surface area contributed by atoms with Crippen LogP contribution in [0.4, 0.5) is 13.2 Å². The fourth-order valence-electron chi connectivity index (χ4n) is 4.24. The second-order valence-electron chi connectivity index (χ2n) is 8.02. The van der Waals surface area contributed by atoms with E-state index in [1.165, 1.54) is 0 Å². The summed E-state index contributed by atoms with van der Waals surface area (Å²) in [6.07, 6.45) is -4.66. The van der Waals surface area contributed by atoms with Crippen molar-refractivity contribution in [1.82, 2.24) is 9.97 Å². The summed E-state index contributed by atoms with van der Waals surface area (Å²) in [6.45, 7) is 1.15. The second kappa shape index (κ2) is 8.76. The minimum Gasteiger partial charge on any atom is -0.481 e. The predicted octanol–water partition coefficient (Wildman–Crippen LogP) is 5.20. The summed E-state index contributed by atoms with van der Waals surface area (Å²) in [5.41, 5.74) is -6.70. The zero-order chi connectivity index (χ0) is 26.5. The van der Waals surface area contributed by atoms with Gasteiger partial charge >= 0.3 is 18.1 Å². The Labute approximate surface area is 210 Å². The van der Waals surface area contributed by atoms with Crippen LogP contribution >= 0.6 is 34.8 Å². The van der Waals surface area contributed by atoms with Crippen LogP contribution in [0.5, 0.6) is 0 Å². The van der Waals surface area contributed by atoms with E-state index in [1.54, 1.807) is 12.1 Å². The van der Waals surface area contributed by atoms with Gasteiger partial charge in [0.1, 0.15) is 23.4 Å². The summed E-state index contributed by atoms with van der Waals surface area (Å²) in [6, 6.07) is 4.35. The van der Waals surface area contributed by atoms with Gasteiger partial charge in [-0.25, -0.2) is 4.98 Å². The van der Waals surface area contributed by atoms with E-state index in [9.17, 15) is 43.5 Å². The Morgan fingerprint density at radius 1 is 1.14 bits per heavy atom. The fraction of sp³-hybridized carbons (Fsp3) is 0.286. The highest BCUT2D eigenvalue weighted by Gasteiger charge is 2.58. The van der Waals surface area contributed by atoms with E-state index in [2.05, 4.69) is 9.97 Å². The molecule has 182 valence electrons. The fourth-order valence-corrected chi connectivity index (χ4v) is 5.60. The molecule has 3 N–H and O–H groups in total. The lowest BCUT2D eigenvalue weighted by molar-refractivity contribution is -0.153. The quantitative estimate of drug-likeness (QED) is 0.476. The molecule has 14 heteroatoms.